The van der Waals surface area contributed by atoms with Crippen LogP contribution in [0.2, 0.25) is 5.02 Å². The predicted octanol–water partition coefficient (Wildman–Crippen LogP) is 2.54. The van der Waals surface area contributed by atoms with Crippen molar-refractivity contribution in [3.63, 3.8) is 0 Å². The maximum absolute atomic E-state index is 9.61. The SMILES string of the molecule is COCC(O)CN(C)Cc1ccc(Cl)cc1Br. The summed E-state index contributed by atoms with van der Waals surface area (Å²) in [5.41, 5.74) is 1.14. The molecule has 96 valence electrons. The van der Waals surface area contributed by atoms with Crippen LogP contribution in [0.1, 0.15) is 5.56 Å². The maximum Gasteiger partial charge on any atom is 0.0900 e. The molecule has 5 heteroatoms. The van der Waals surface area contributed by atoms with Crippen LogP contribution in [-0.2, 0) is 11.3 Å². The van der Waals surface area contributed by atoms with Gasteiger partial charge in [-0.05, 0) is 24.7 Å². The van der Waals surface area contributed by atoms with Gasteiger partial charge in [-0.25, -0.2) is 0 Å². The summed E-state index contributed by atoms with van der Waals surface area (Å²) in [4.78, 5) is 2.04. The monoisotopic (exact) mass is 321 g/mol. The van der Waals surface area contributed by atoms with Gasteiger partial charge in [0.15, 0.2) is 0 Å². The van der Waals surface area contributed by atoms with E-state index in [0.29, 0.717) is 18.2 Å². The lowest BCUT2D eigenvalue weighted by Gasteiger charge is -2.20. The molecule has 1 rings (SSSR count). The fourth-order valence-electron chi connectivity index (χ4n) is 1.61. The van der Waals surface area contributed by atoms with Crippen molar-refractivity contribution in [2.24, 2.45) is 0 Å². The largest absolute Gasteiger partial charge is 0.389 e. The maximum atomic E-state index is 9.61. The summed E-state index contributed by atoms with van der Waals surface area (Å²) in [6.45, 7) is 1.67. The molecule has 3 nitrogen and oxygen atoms in total. The van der Waals surface area contributed by atoms with Crippen molar-refractivity contribution in [2.45, 2.75) is 12.6 Å². The molecule has 0 aromatic heterocycles. The van der Waals surface area contributed by atoms with Crippen molar-refractivity contribution < 1.29 is 9.84 Å². The van der Waals surface area contributed by atoms with Crippen LogP contribution in [-0.4, -0.2) is 43.4 Å². The van der Waals surface area contributed by atoms with E-state index in [2.05, 4.69) is 15.9 Å². The molecule has 1 aromatic carbocycles. The van der Waals surface area contributed by atoms with Crippen molar-refractivity contribution >= 4 is 27.5 Å². The molecular weight excluding hydrogens is 305 g/mol. The van der Waals surface area contributed by atoms with Gasteiger partial charge in [-0.3, -0.25) is 4.90 Å². The zero-order chi connectivity index (χ0) is 12.8. The normalized spacial score (nSPS) is 13.1. The first-order chi connectivity index (χ1) is 8.02. The summed E-state index contributed by atoms with van der Waals surface area (Å²) in [6.07, 6.45) is -0.462. The number of likely N-dealkylation sites (N-methyl/N-ethyl adjacent to an activating group) is 1. The summed E-state index contributed by atoms with van der Waals surface area (Å²) in [5, 5.41) is 10.3. The lowest BCUT2D eigenvalue weighted by atomic mass is 10.2. The summed E-state index contributed by atoms with van der Waals surface area (Å²) >= 11 is 9.35. The van der Waals surface area contributed by atoms with Crippen LogP contribution in [0.3, 0.4) is 0 Å². The molecule has 0 aliphatic rings. The second kappa shape index (κ2) is 7.34. The third-order valence-electron chi connectivity index (χ3n) is 2.34. The number of rotatable bonds is 6. The number of hydrogen-bond acceptors (Lipinski definition) is 3. The van der Waals surface area contributed by atoms with Crippen LogP contribution in [0.5, 0.6) is 0 Å². The van der Waals surface area contributed by atoms with E-state index in [1.165, 1.54) is 0 Å². The van der Waals surface area contributed by atoms with E-state index < -0.39 is 6.10 Å². The number of aliphatic hydroxyl groups is 1. The minimum absolute atomic E-state index is 0.353. The van der Waals surface area contributed by atoms with E-state index in [4.69, 9.17) is 16.3 Å². The van der Waals surface area contributed by atoms with Crippen LogP contribution < -0.4 is 0 Å². The molecule has 17 heavy (non-hydrogen) atoms. The second-order valence-corrected chi connectivity index (χ2v) is 5.33. The fraction of sp³-hybridized carbons (Fsp3) is 0.500. The van der Waals surface area contributed by atoms with Crippen molar-refractivity contribution in [1.82, 2.24) is 4.90 Å². The molecule has 0 heterocycles. The van der Waals surface area contributed by atoms with Crippen LogP contribution in [0.4, 0.5) is 0 Å². The molecule has 1 atom stereocenters. The van der Waals surface area contributed by atoms with Crippen LogP contribution in [0.25, 0.3) is 0 Å². The number of methoxy groups -OCH3 is 1. The Morgan fingerprint density at radius 3 is 2.82 bits per heavy atom. The van der Waals surface area contributed by atoms with Gasteiger partial charge in [0.25, 0.3) is 0 Å². The highest BCUT2D eigenvalue weighted by molar-refractivity contribution is 9.10. The smallest absolute Gasteiger partial charge is 0.0900 e. The molecule has 0 radical (unpaired) electrons. The first-order valence-electron chi connectivity index (χ1n) is 5.32. The van der Waals surface area contributed by atoms with E-state index in [-0.39, 0.29) is 0 Å². The number of halogens is 2. The standard InChI is InChI=1S/C12H17BrClNO2/c1-15(7-11(16)8-17-2)6-9-3-4-10(14)5-12(9)13/h3-5,11,16H,6-8H2,1-2H3. The Hall–Kier alpha value is -0.130. The van der Waals surface area contributed by atoms with Gasteiger partial charge in [-0.15, -0.1) is 0 Å². The third-order valence-corrected chi connectivity index (χ3v) is 3.31. The summed E-state index contributed by atoms with van der Waals surface area (Å²) in [6, 6.07) is 5.71. The minimum Gasteiger partial charge on any atom is -0.389 e. The average Bonchev–Trinajstić information content (AvgIpc) is 2.22. The quantitative estimate of drug-likeness (QED) is 0.873. The van der Waals surface area contributed by atoms with Crippen LogP contribution in [0.15, 0.2) is 22.7 Å². The van der Waals surface area contributed by atoms with Gasteiger partial charge in [-0.2, -0.15) is 0 Å². The molecule has 0 amide bonds. The van der Waals surface area contributed by atoms with Crippen LogP contribution in [0, 0.1) is 0 Å². The number of aliphatic hydroxyl groups excluding tert-OH is 1. The van der Waals surface area contributed by atoms with E-state index in [0.717, 1.165) is 16.6 Å². The molecule has 0 saturated heterocycles. The average molecular weight is 323 g/mol. The van der Waals surface area contributed by atoms with Crippen molar-refractivity contribution in [1.29, 1.82) is 0 Å². The number of nitrogens with zero attached hydrogens (tertiary/aromatic N) is 1. The first kappa shape index (κ1) is 14.9. The highest BCUT2D eigenvalue weighted by Gasteiger charge is 2.09. The Labute approximate surface area is 115 Å². The van der Waals surface area contributed by atoms with Gasteiger partial charge in [0.2, 0.25) is 0 Å². The van der Waals surface area contributed by atoms with Crippen molar-refractivity contribution in [2.75, 3.05) is 27.3 Å². The van der Waals surface area contributed by atoms with Gasteiger partial charge < -0.3 is 9.84 Å². The Morgan fingerprint density at radius 1 is 1.53 bits per heavy atom. The molecule has 0 spiro atoms. The highest BCUT2D eigenvalue weighted by Crippen LogP contribution is 2.22. The molecular formula is C12H17BrClNO2. The van der Waals surface area contributed by atoms with Gasteiger partial charge in [0, 0.05) is 29.7 Å². The van der Waals surface area contributed by atoms with Gasteiger partial charge in [0.05, 0.1) is 12.7 Å². The minimum atomic E-state index is -0.462. The van der Waals surface area contributed by atoms with E-state index >= 15 is 0 Å². The Balaban J connectivity index is 2.52. The molecule has 1 unspecified atom stereocenters. The molecule has 0 aliphatic carbocycles. The second-order valence-electron chi connectivity index (χ2n) is 4.04. The third kappa shape index (κ3) is 5.36. The summed E-state index contributed by atoms with van der Waals surface area (Å²) < 4.78 is 5.88. The number of hydrogen-bond donors (Lipinski definition) is 1. The van der Waals surface area contributed by atoms with E-state index in [1.807, 2.05) is 30.1 Å². The molecule has 0 saturated carbocycles. The molecule has 1 N–H and O–H groups in total. The zero-order valence-corrected chi connectivity index (χ0v) is 12.3. The Kier molecular flexibility index (Phi) is 6.44. The lowest BCUT2D eigenvalue weighted by molar-refractivity contribution is 0.0418. The number of benzene rings is 1. The predicted molar refractivity (Wildman–Crippen MR) is 73.4 cm³/mol. The summed E-state index contributed by atoms with van der Waals surface area (Å²) in [5.74, 6) is 0. The Bertz CT molecular complexity index is 362. The topological polar surface area (TPSA) is 32.7 Å². The van der Waals surface area contributed by atoms with Crippen molar-refractivity contribution in [3.8, 4) is 0 Å². The van der Waals surface area contributed by atoms with E-state index in [1.54, 1.807) is 7.11 Å². The Morgan fingerprint density at radius 2 is 2.24 bits per heavy atom. The molecule has 0 bridgehead atoms. The van der Waals surface area contributed by atoms with Gasteiger partial charge in [-0.1, -0.05) is 33.6 Å². The van der Waals surface area contributed by atoms with Gasteiger partial charge >= 0.3 is 0 Å². The highest BCUT2D eigenvalue weighted by atomic mass is 79.9. The van der Waals surface area contributed by atoms with Crippen LogP contribution >= 0.6 is 27.5 Å². The van der Waals surface area contributed by atoms with Crippen molar-refractivity contribution in [3.05, 3.63) is 33.3 Å². The molecule has 0 aliphatic heterocycles. The van der Waals surface area contributed by atoms with E-state index in [9.17, 15) is 5.11 Å². The fourth-order valence-corrected chi connectivity index (χ4v) is 2.42. The first-order valence-corrected chi connectivity index (χ1v) is 6.49. The molecule has 1 aromatic rings. The lowest BCUT2D eigenvalue weighted by Crippen LogP contribution is -2.31. The number of ether oxygens (including phenoxy) is 1. The summed E-state index contributed by atoms with van der Waals surface area (Å²) in [7, 11) is 3.54. The zero-order valence-electron chi connectivity index (χ0n) is 9.99. The molecule has 0 fully saturated rings. The van der Waals surface area contributed by atoms with Gasteiger partial charge in [0.1, 0.15) is 0 Å².